The smallest absolute Gasteiger partial charge is 0.307 e. The Morgan fingerprint density at radius 2 is 1.47 bits per heavy atom. The molecule has 2 fully saturated rings. The normalized spacial score (nSPS) is 23.6. The van der Waals surface area contributed by atoms with Crippen LogP contribution in [0.4, 0.5) is 11.4 Å². The van der Waals surface area contributed by atoms with E-state index in [-0.39, 0.29) is 28.3 Å². The van der Waals surface area contributed by atoms with Gasteiger partial charge in [-0.3, -0.25) is 14.3 Å². The third-order valence-electron chi connectivity index (χ3n) is 6.55. The summed E-state index contributed by atoms with van der Waals surface area (Å²) in [7, 11) is -3.92. The minimum absolute atomic E-state index is 0.0169. The van der Waals surface area contributed by atoms with Crippen molar-refractivity contribution in [3.63, 3.8) is 0 Å². The predicted octanol–water partition coefficient (Wildman–Crippen LogP) is 5.43. The summed E-state index contributed by atoms with van der Waals surface area (Å²) in [6.45, 7) is 3.93. The van der Waals surface area contributed by atoms with E-state index in [0.717, 1.165) is 24.0 Å². The van der Waals surface area contributed by atoms with Crippen molar-refractivity contribution in [2.24, 2.45) is 23.7 Å². The molecule has 0 radical (unpaired) electrons. The van der Waals surface area contributed by atoms with Gasteiger partial charge in [0.2, 0.25) is 5.91 Å². The molecule has 2 aromatic carbocycles. The van der Waals surface area contributed by atoms with Crippen LogP contribution in [-0.2, 0) is 19.6 Å². The number of aliphatic carboxylic acids is 1. The van der Waals surface area contributed by atoms with E-state index in [2.05, 4.69) is 10.0 Å². The summed E-state index contributed by atoms with van der Waals surface area (Å²) in [4.78, 5) is 25.1. The van der Waals surface area contributed by atoms with Crippen LogP contribution in [-0.4, -0.2) is 25.4 Å². The second kappa shape index (κ2) is 9.24. The second-order valence-corrected chi connectivity index (χ2v) is 11.5. The Hall–Kier alpha value is -2.55. The van der Waals surface area contributed by atoms with Gasteiger partial charge in [-0.25, -0.2) is 8.42 Å². The average molecular weight is 523 g/mol. The fourth-order valence-electron chi connectivity index (χ4n) is 5.37. The first kappa shape index (κ1) is 24.6. The number of benzene rings is 2. The molecule has 0 saturated heterocycles. The number of carbonyl (C=O) groups excluding carboxylic acids is 1. The van der Waals surface area contributed by atoms with Crippen LogP contribution in [0.5, 0.6) is 0 Å². The number of halogens is 2. The molecule has 2 aliphatic carbocycles. The van der Waals surface area contributed by atoms with E-state index >= 15 is 0 Å². The largest absolute Gasteiger partial charge is 0.481 e. The van der Waals surface area contributed by atoms with Crippen LogP contribution in [0.1, 0.15) is 26.7 Å². The Labute approximate surface area is 208 Å². The summed E-state index contributed by atoms with van der Waals surface area (Å²) in [6, 6.07) is 10.0. The van der Waals surface area contributed by atoms with Crippen molar-refractivity contribution in [3.8, 4) is 0 Å². The predicted molar refractivity (Wildman–Crippen MR) is 132 cm³/mol. The van der Waals surface area contributed by atoms with E-state index < -0.39 is 27.8 Å². The van der Waals surface area contributed by atoms with Gasteiger partial charge in [0, 0.05) is 15.7 Å². The van der Waals surface area contributed by atoms with E-state index in [4.69, 9.17) is 23.2 Å². The molecule has 4 atom stereocenters. The molecule has 0 aromatic heterocycles. The summed E-state index contributed by atoms with van der Waals surface area (Å²) in [6.07, 6.45) is 1.58. The Balaban J connectivity index is 1.51. The van der Waals surface area contributed by atoms with E-state index in [1.165, 1.54) is 42.5 Å². The number of sulfonamides is 1. The lowest BCUT2D eigenvalue weighted by atomic mass is 9.78. The van der Waals surface area contributed by atoms with Gasteiger partial charge >= 0.3 is 5.97 Å². The lowest BCUT2D eigenvalue weighted by Crippen LogP contribution is -2.37. The number of carbonyl (C=O) groups is 2. The number of hydrogen-bond donors (Lipinski definition) is 3. The maximum Gasteiger partial charge on any atom is 0.307 e. The maximum absolute atomic E-state index is 13.1. The molecule has 34 heavy (non-hydrogen) atoms. The number of carboxylic acid groups (broad SMARTS) is 1. The first-order chi connectivity index (χ1) is 16.0. The summed E-state index contributed by atoms with van der Waals surface area (Å²) in [5, 5.41) is 13.2. The highest BCUT2D eigenvalue weighted by Crippen LogP contribution is 2.57. The van der Waals surface area contributed by atoms with Crippen molar-refractivity contribution in [2.75, 3.05) is 10.0 Å². The Bertz CT molecular complexity index is 1270. The standard InChI is InChI=1S/C24H24Cl2N2O5S/c1-12(2)20-18-7-8-19(20)22(24(30)31)21(18)23(29)27-15-3-5-17(6-4-15)34(32,33)28-16-10-13(25)9-14(26)11-16/h3-6,9-11,18-19,21-22,28H,7-8H2,1-2H3,(H,27,29)(H,30,31)/t18-,19+,21-,22-/m1/s1. The van der Waals surface area contributed by atoms with E-state index in [9.17, 15) is 23.1 Å². The third-order valence-corrected chi connectivity index (χ3v) is 8.39. The molecule has 0 aliphatic heterocycles. The molecule has 3 N–H and O–H groups in total. The number of carboxylic acids is 1. The molecule has 7 nitrogen and oxygen atoms in total. The van der Waals surface area contributed by atoms with Gasteiger partial charge in [-0.2, -0.15) is 0 Å². The molecule has 10 heteroatoms. The first-order valence-electron chi connectivity index (χ1n) is 10.8. The van der Waals surface area contributed by atoms with Gasteiger partial charge < -0.3 is 10.4 Å². The van der Waals surface area contributed by atoms with Crippen molar-refractivity contribution in [2.45, 2.75) is 31.6 Å². The number of fused-ring (bicyclic) bond motifs is 2. The average Bonchev–Trinajstić information content (AvgIpc) is 3.29. The maximum atomic E-state index is 13.1. The van der Waals surface area contributed by atoms with Crippen LogP contribution in [0.2, 0.25) is 10.0 Å². The summed E-state index contributed by atoms with van der Waals surface area (Å²) in [5.74, 6) is -2.91. The SMILES string of the molecule is CC(C)=C1[C@H]2CC[C@@H]1[C@@H](C(=O)O)[C@@H]2C(=O)Nc1ccc(S(=O)(=O)Nc2cc(Cl)cc(Cl)c2)cc1. The van der Waals surface area contributed by atoms with Gasteiger partial charge in [-0.1, -0.05) is 34.3 Å². The molecule has 2 saturated carbocycles. The molecule has 0 heterocycles. The molecular formula is C24H24Cl2N2O5S. The van der Waals surface area contributed by atoms with Gasteiger partial charge in [-0.05, 0) is 81.0 Å². The highest BCUT2D eigenvalue weighted by Gasteiger charge is 2.57. The van der Waals surface area contributed by atoms with Gasteiger partial charge in [0.1, 0.15) is 0 Å². The van der Waals surface area contributed by atoms with Crippen molar-refractivity contribution < 1.29 is 23.1 Å². The molecule has 2 aromatic rings. The van der Waals surface area contributed by atoms with E-state index in [1.54, 1.807) is 0 Å². The van der Waals surface area contributed by atoms with Crippen LogP contribution in [0, 0.1) is 23.7 Å². The van der Waals surface area contributed by atoms with Crippen molar-refractivity contribution in [1.29, 1.82) is 0 Å². The van der Waals surface area contributed by atoms with Crippen LogP contribution in [0.15, 0.2) is 58.5 Å². The van der Waals surface area contributed by atoms with Gasteiger partial charge in [-0.15, -0.1) is 0 Å². The van der Waals surface area contributed by atoms with E-state index in [1.807, 2.05) is 13.8 Å². The fourth-order valence-corrected chi connectivity index (χ4v) is 6.94. The number of allylic oxidation sites excluding steroid dienone is 2. The van der Waals surface area contributed by atoms with Crippen LogP contribution < -0.4 is 10.0 Å². The summed E-state index contributed by atoms with van der Waals surface area (Å²) in [5.41, 5.74) is 2.79. The lowest BCUT2D eigenvalue weighted by Gasteiger charge is -2.26. The Morgan fingerprint density at radius 1 is 0.912 bits per heavy atom. The second-order valence-electron chi connectivity index (χ2n) is 8.91. The van der Waals surface area contributed by atoms with Crippen molar-refractivity contribution in [1.82, 2.24) is 0 Å². The van der Waals surface area contributed by atoms with Crippen molar-refractivity contribution >= 4 is 56.5 Å². The summed E-state index contributed by atoms with van der Waals surface area (Å²) < 4.78 is 27.9. The first-order valence-corrected chi connectivity index (χ1v) is 13.0. The topological polar surface area (TPSA) is 113 Å². The number of anilines is 2. The molecule has 2 bridgehead atoms. The van der Waals surface area contributed by atoms with Gasteiger partial charge in [0.25, 0.3) is 10.0 Å². The minimum atomic E-state index is -3.92. The zero-order valence-electron chi connectivity index (χ0n) is 18.5. The zero-order chi connectivity index (χ0) is 24.8. The molecule has 0 spiro atoms. The van der Waals surface area contributed by atoms with Crippen molar-refractivity contribution in [3.05, 3.63) is 63.7 Å². The molecular weight excluding hydrogens is 499 g/mol. The number of amides is 1. The third kappa shape index (κ3) is 4.67. The quantitative estimate of drug-likeness (QED) is 0.438. The number of nitrogens with one attached hydrogen (secondary N) is 2. The Kier molecular flexibility index (Phi) is 6.68. The summed E-state index contributed by atoms with van der Waals surface area (Å²) >= 11 is 11.9. The monoisotopic (exact) mass is 522 g/mol. The Morgan fingerprint density at radius 3 is 2.00 bits per heavy atom. The molecule has 1 amide bonds. The van der Waals surface area contributed by atoms with Crippen LogP contribution >= 0.6 is 23.2 Å². The molecule has 180 valence electrons. The molecule has 4 rings (SSSR count). The van der Waals surface area contributed by atoms with Gasteiger partial charge in [0.15, 0.2) is 0 Å². The van der Waals surface area contributed by atoms with Crippen LogP contribution in [0.25, 0.3) is 0 Å². The lowest BCUT2D eigenvalue weighted by molar-refractivity contribution is -0.148. The number of hydrogen-bond acceptors (Lipinski definition) is 4. The fraction of sp³-hybridized carbons (Fsp3) is 0.333. The van der Waals surface area contributed by atoms with Gasteiger partial charge in [0.05, 0.1) is 22.4 Å². The number of rotatable bonds is 6. The van der Waals surface area contributed by atoms with Crippen LogP contribution in [0.3, 0.4) is 0 Å². The zero-order valence-corrected chi connectivity index (χ0v) is 20.8. The molecule has 2 aliphatic rings. The minimum Gasteiger partial charge on any atom is -0.481 e. The van der Waals surface area contributed by atoms with E-state index in [0.29, 0.717) is 15.7 Å². The highest BCUT2D eigenvalue weighted by molar-refractivity contribution is 7.92. The molecule has 0 unspecified atom stereocenters. The highest BCUT2D eigenvalue weighted by atomic mass is 35.5.